The van der Waals surface area contributed by atoms with Gasteiger partial charge in [-0.2, -0.15) is 5.26 Å². The van der Waals surface area contributed by atoms with Crippen molar-refractivity contribution in [2.24, 2.45) is 11.8 Å². The van der Waals surface area contributed by atoms with E-state index in [0.29, 0.717) is 23.9 Å². The molecule has 2 unspecified atom stereocenters. The van der Waals surface area contributed by atoms with Crippen LogP contribution in [-0.4, -0.2) is 46.7 Å². The lowest BCUT2D eigenvalue weighted by Gasteiger charge is -2.39. The van der Waals surface area contributed by atoms with Gasteiger partial charge in [-0.15, -0.1) is 0 Å². The lowest BCUT2D eigenvalue weighted by molar-refractivity contribution is 0.177. The molecule has 0 N–H and O–H groups in total. The summed E-state index contributed by atoms with van der Waals surface area (Å²) in [5.41, 5.74) is 2.77. The number of halogens is 2. The predicted octanol–water partition coefficient (Wildman–Crippen LogP) is 5.05. The van der Waals surface area contributed by atoms with Crippen molar-refractivity contribution < 1.29 is 8.78 Å². The number of imidazole rings is 1. The van der Waals surface area contributed by atoms with Gasteiger partial charge in [-0.25, -0.2) is 13.8 Å². The van der Waals surface area contributed by atoms with E-state index < -0.39 is 5.82 Å². The molecule has 5 nitrogen and oxygen atoms in total. The Balaban J connectivity index is 1.08. The van der Waals surface area contributed by atoms with Crippen LogP contribution in [0.4, 0.5) is 14.5 Å². The van der Waals surface area contributed by atoms with Crippen molar-refractivity contribution in [3.8, 4) is 6.07 Å². The predicted molar refractivity (Wildman–Crippen MR) is 128 cm³/mol. The monoisotopic (exact) mass is 461 g/mol. The van der Waals surface area contributed by atoms with Gasteiger partial charge in [-0.05, 0) is 80.8 Å². The Kier molecular flexibility index (Phi) is 5.29. The number of aryl methyl sites for hydroxylation is 1. The molecule has 6 rings (SSSR count). The summed E-state index contributed by atoms with van der Waals surface area (Å²) in [5, 5.41) is 8.96. The van der Waals surface area contributed by atoms with Crippen LogP contribution in [0.15, 0.2) is 36.4 Å². The molecule has 7 heteroatoms. The van der Waals surface area contributed by atoms with Crippen LogP contribution in [0.25, 0.3) is 11.0 Å². The molecule has 3 aromatic rings. The Hall–Kier alpha value is -2.98. The second-order valence-electron chi connectivity index (χ2n) is 10.2. The summed E-state index contributed by atoms with van der Waals surface area (Å²) < 4.78 is 30.2. The molecule has 2 aliphatic carbocycles. The zero-order valence-electron chi connectivity index (χ0n) is 19.4. The highest BCUT2D eigenvalue weighted by Gasteiger charge is 2.44. The van der Waals surface area contributed by atoms with E-state index in [4.69, 9.17) is 5.26 Å². The zero-order valence-corrected chi connectivity index (χ0v) is 19.4. The molecule has 1 aliphatic heterocycles. The van der Waals surface area contributed by atoms with Gasteiger partial charge >= 0.3 is 0 Å². The Bertz CT molecular complexity index is 1260. The molecule has 1 aromatic heterocycles. The van der Waals surface area contributed by atoms with Gasteiger partial charge < -0.3 is 9.47 Å². The number of nitriles is 1. The number of hydrogen-bond donors (Lipinski definition) is 0. The largest absolute Gasteiger partial charge is 0.369 e. The highest BCUT2D eigenvalue weighted by Crippen LogP contribution is 2.51. The van der Waals surface area contributed by atoms with Crippen LogP contribution in [0, 0.1) is 41.7 Å². The molecule has 1 saturated heterocycles. The van der Waals surface area contributed by atoms with Crippen LogP contribution in [0.5, 0.6) is 0 Å². The summed E-state index contributed by atoms with van der Waals surface area (Å²) in [5.74, 6) is 1.77. The van der Waals surface area contributed by atoms with Gasteiger partial charge in [0.25, 0.3) is 0 Å². The highest BCUT2D eigenvalue weighted by molar-refractivity contribution is 5.76. The molecule has 3 fully saturated rings. The summed E-state index contributed by atoms with van der Waals surface area (Å²) in [6.07, 6.45) is 4.75. The van der Waals surface area contributed by atoms with Crippen molar-refractivity contribution in [2.75, 3.05) is 31.1 Å². The quantitative estimate of drug-likeness (QED) is 0.548. The maximum Gasteiger partial charge on any atom is 0.143 e. The minimum Gasteiger partial charge on any atom is -0.369 e. The molecule has 2 atom stereocenters. The van der Waals surface area contributed by atoms with Gasteiger partial charge in [0, 0.05) is 44.0 Å². The van der Waals surface area contributed by atoms with Gasteiger partial charge in [-0.1, -0.05) is 0 Å². The number of benzene rings is 2. The summed E-state index contributed by atoms with van der Waals surface area (Å²) in [4.78, 5) is 9.52. The van der Waals surface area contributed by atoms with Crippen LogP contribution in [0.1, 0.15) is 43.1 Å². The number of aromatic nitrogens is 2. The fourth-order valence-electron chi connectivity index (χ4n) is 6.85. The summed E-state index contributed by atoms with van der Waals surface area (Å²) in [6.45, 7) is 5.77. The molecule has 3 aliphatic rings. The van der Waals surface area contributed by atoms with Gasteiger partial charge in [-0.3, -0.25) is 4.90 Å². The zero-order chi connectivity index (χ0) is 23.4. The maximum absolute atomic E-state index is 14.0. The SMILES string of the molecule is Cc1nc2ccc(F)cc2n1C1CC2CC(N3CCN(c4ccc(C#N)c(F)c4)CC3)CC2C1. The fraction of sp³-hybridized carbons (Fsp3) is 0.481. The maximum atomic E-state index is 14.0. The van der Waals surface area contributed by atoms with Crippen molar-refractivity contribution in [1.82, 2.24) is 14.5 Å². The molecule has 2 heterocycles. The minimum atomic E-state index is -0.441. The molecule has 176 valence electrons. The first-order chi connectivity index (χ1) is 16.5. The number of fused-ring (bicyclic) bond motifs is 2. The van der Waals surface area contributed by atoms with Gasteiger partial charge in [0.1, 0.15) is 23.5 Å². The summed E-state index contributed by atoms with van der Waals surface area (Å²) in [6, 6.07) is 12.7. The first-order valence-electron chi connectivity index (χ1n) is 12.3. The number of hydrogen-bond acceptors (Lipinski definition) is 4. The lowest BCUT2D eigenvalue weighted by Crippen LogP contribution is -2.50. The van der Waals surface area contributed by atoms with Crippen LogP contribution in [-0.2, 0) is 0 Å². The Morgan fingerprint density at radius 3 is 2.29 bits per heavy atom. The molecule has 0 radical (unpaired) electrons. The van der Waals surface area contributed by atoms with Crippen LogP contribution in [0.2, 0.25) is 0 Å². The van der Waals surface area contributed by atoms with Crippen LogP contribution >= 0.6 is 0 Å². The van der Waals surface area contributed by atoms with Gasteiger partial charge in [0.15, 0.2) is 0 Å². The normalized spacial score (nSPS) is 27.3. The van der Waals surface area contributed by atoms with E-state index >= 15 is 0 Å². The van der Waals surface area contributed by atoms with E-state index in [9.17, 15) is 8.78 Å². The molecular weight excluding hydrogens is 432 g/mol. The Morgan fingerprint density at radius 2 is 1.62 bits per heavy atom. The van der Waals surface area contributed by atoms with Gasteiger partial charge in [0.05, 0.1) is 16.6 Å². The minimum absolute atomic E-state index is 0.0993. The van der Waals surface area contributed by atoms with Gasteiger partial charge in [0.2, 0.25) is 0 Å². The average Bonchev–Trinajstić information content (AvgIpc) is 3.49. The third-order valence-electron chi connectivity index (χ3n) is 8.43. The lowest BCUT2D eigenvalue weighted by atomic mass is 10.0. The standard InChI is InChI=1S/C27H29F2N5/c1-17-31-26-5-3-21(28)14-27(26)34(17)24-12-19-10-23(11-20(19)13-24)33-8-6-32(7-9-33)22-4-2-18(16-30)25(29)15-22/h2-5,14-15,19-20,23-24H,6-13H2,1H3. The second-order valence-corrected chi connectivity index (χ2v) is 10.2. The Morgan fingerprint density at radius 1 is 0.912 bits per heavy atom. The topological polar surface area (TPSA) is 48.1 Å². The van der Waals surface area contributed by atoms with Crippen molar-refractivity contribution in [1.29, 1.82) is 5.26 Å². The number of rotatable bonds is 3. The van der Waals surface area contributed by atoms with E-state index in [1.165, 1.54) is 25.0 Å². The highest BCUT2D eigenvalue weighted by atomic mass is 19.1. The van der Waals surface area contributed by atoms with E-state index in [2.05, 4.69) is 19.4 Å². The Labute approximate surface area is 198 Å². The molecule has 0 bridgehead atoms. The third-order valence-corrected chi connectivity index (χ3v) is 8.43. The van der Waals surface area contributed by atoms with Crippen molar-refractivity contribution >= 4 is 16.7 Å². The average molecular weight is 462 g/mol. The van der Waals surface area contributed by atoms with Crippen molar-refractivity contribution in [2.45, 2.75) is 44.7 Å². The molecule has 34 heavy (non-hydrogen) atoms. The van der Waals surface area contributed by atoms with Crippen LogP contribution in [0.3, 0.4) is 0 Å². The number of anilines is 1. The smallest absolute Gasteiger partial charge is 0.143 e. The fourth-order valence-corrected chi connectivity index (χ4v) is 6.85. The number of nitrogens with zero attached hydrogens (tertiary/aromatic N) is 5. The van der Waals surface area contributed by atoms with E-state index in [-0.39, 0.29) is 11.4 Å². The first-order valence-corrected chi connectivity index (χ1v) is 12.3. The molecule has 0 amide bonds. The molecule has 0 spiro atoms. The van der Waals surface area contributed by atoms with E-state index in [0.717, 1.165) is 61.6 Å². The summed E-state index contributed by atoms with van der Waals surface area (Å²) in [7, 11) is 0. The van der Waals surface area contributed by atoms with E-state index in [1.54, 1.807) is 18.2 Å². The molecule has 2 aromatic carbocycles. The first kappa shape index (κ1) is 21.5. The summed E-state index contributed by atoms with van der Waals surface area (Å²) >= 11 is 0. The van der Waals surface area contributed by atoms with Crippen LogP contribution < -0.4 is 4.90 Å². The molecule has 2 saturated carbocycles. The van der Waals surface area contributed by atoms with E-state index in [1.807, 2.05) is 19.1 Å². The second kappa shape index (κ2) is 8.35. The van der Waals surface area contributed by atoms with Crippen molar-refractivity contribution in [3.05, 3.63) is 59.4 Å². The number of piperazine rings is 1. The third kappa shape index (κ3) is 3.65. The van der Waals surface area contributed by atoms with Crippen molar-refractivity contribution in [3.63, 3.8) is 0 Å². The molecular formula is C27H29F2N5.